The third-order valence-corrected chi connectivity index (χ3v) is 6.49. The Balaban J connectivity index is 1.59. The topological polar surface area (TPSA) is 41.1 Å². The van der Waals surface area contributed by atoms with Gasteiger partial charge in [-0.05, 0) is 50.9 Å². The molecule has 5 heteroatoms. The summed E-state index contributed by atoms with van der Waals surface area (Å²) in [5.74, 6) is 2.08. The van der Waals surface area contributed by atoms with Crippen LogP contribution in [0, 0.1) is 0 Å². The number of hydrogen-bond acceptors (Lipinski definition) is 4. The molecule has 2 N–H and O–H groups in total. The van der Waals surface area contributed by atoms with Gasteiger partial charge in [0.05, 0.1) is 5.75 Å². The molecule has 1 saturated carbocycles. The minimum atomic E-state index is 0.246. The first-order valence-electron chi connectivity index (χ1n) is 7.51. The van der Waals surface area contributed by atoms with Gasteiger partial charge in [-0.1, -0.05) is 6.92 Å². The van der Waals surface area contributed by atoms with Crippen molar-refractivity contribution < 1.29 is 4.79 Å². The van der Waals surface area contributed by atoms with Crippen LogP contribution in [-0.4, -0.2) is 47.0 Å². The molecule has 110 valence electrons. The van der Waals surface area contributed by atoms with Crippen LogP contribution in [-0.2, 0) is 4.79 Å². The van der Waals surface area contributed by atoms with Gasteiger partial charge in [0.15, 0.2) is 0 Å². The van der Waals surface area contributed by atoms with Crippen LogP contribution in [0.3, 0.4) is 0 Å². The van der Waals surface area contributed by atoms with Crippen molar-refractivity contribution in [2.24, 2.45) is 0 Å². The number of rotatable bonds is 6. The average molecular weight is 303 g/mol. The highest BCUT2D eigenvalue weighted by molar-refractivity contribution is 8.00. The summed E-state index contributed by atoms with van der Waals surface area (Å²) in [6, 6.07) is 0.435. The van der Waals surface area contributed by atoms with Crippen LogP contribution in [0.15, 0.2) is 0 Å². The second kappa shape index (κ2) is 8.42. The molecule has 1 saturated heterocycles. The monoisotopic (exact) mass is 302 g/mol. The maximum Gasteiger partial charge on any atom is 0.230 e. The van der Waals surface area contributed by atoms with E-state index in [1.165, 1.54) is 37.9 Å². The predicted molar refractivity (Wildman–Crippen MR) is 86.1 cm³/mol. The first kappa shape index (κ1) is 15.5. The predicted octanol–water partition coefficient (Wildman–Crippen LogP) is 2.26. The second-order valence-corrected chi connectivity index (χ2v) is 8.28. The van der Waals surface area contributed by atoms with Crippen molar-refractivity contribution in [2.75, 3.05) is 24.6 Å². The van der Waals surface area contributed by atoms with Gasteiger partial charge in [-0.15, -0.1) is 11.8 Å². The van der Waals surface area contributed by atoms with Gasteiger partial charge < -0.3 is 10.6 Å². The zero-order chi connectivity index (χ0) is 13.5. The molecule has 2 fully saturated rings. The highest BCUT2D eigenvalue weighted by Gasteiger charge is 2.25. The van der Waals surface area contributed by atoms with Crippen LogP contribution in [0.4, 0.5) is 0 Å². The molecule has 0 aromatic rings. The SMILES string of the molecule is CCSC1CCC(NC(=O)CSC2CCNCC2)C1. The summed E-state index contributed by atoms with van der Waals surface area (Å²) >= 11 is 3.88. The normalized spacial score (nSPS) is 28.5. The lowest BCUT2D eigenvalue weighted by atomic mass is 10.2. The Kier molecular flexibility index (Phi) is 6.88. The van der Waals surface area contributed by atoms with Gasteiger partial charge in [-0.25, -0.2) is 0 Å². The van der Waals surface area contributed by atoms with E-state index in [2.05, 4.69) is 17.6 Å². The number of nitrogens with one attached hydrogen (secondary N) is 2. The number of amides is 1. The fourth-order valence-corrected chi connectivity index (χ4v) is 5.07. The Hall–Kier alpha value is 0.130. The average Bonchev–Trinajstić information content (AvgIpc) is 2.85. The molecule has 0 aromatic carbocycles. The molecule has 0 spiro atoms. The van der Waals surface area contributed by atoms with Gasteiger partial charge in [0.2, 0.25) is 5.91 Å². The zero-order valence-corrected chi connectivity index (χ0v) is 13.5. The highest BCUT2D eigenvalue weighted by atomic mass is 32.2. The van der Waals surface area contributed by atoms with Crippen molar-refractivity contribution in [2.45, 2.75) is 55.6 Å². The molecule has 1 amide bonds. The van der Waals surface area contributed by atoms with E-state index in [1.807, 2.05) is 23.5 Å². The second-order valence-electron chi connectivity index (χ2n) is 5.42. The first-order valence-corrected chi connectivity index (χ1v) is 9.61. The number of thioether (sulfide) groups is 2. The quantitative estimate of drug-likeness (QED) is 0.790. The molecule has 0 aromatic heterocycles. The molecule has 2 aliphatic rings. The van der Waals surface area contributed by atoms with Gasteiger partial charge in [-0.3, -0.25) is 4.79 Å². The van der Waals surface area contributed by atoms with Crippen molar-refractivity contribution in [3.05, 3.63) is 0 Å². The molecule has 2 rings (SSSR count). The number of piperidine rings is 1. The molecule has 0 bridgehead atoms. The molecular formula is C14H26N2OS2. The van der Waals surface area contributed by atoms with E-state index in [4.69, 9.17) is 0 Å². The van der Waals surface area contributed by atoms with Crippen LogP contribution in [0.5, 0.6) is 0 Å². The smallest absolute Gasteiger partial charge is 0.230 e. The summed E-state index contributed by atoms with van der Waals surface area (Å²) in [5, 5.41) is 8.03. The molecule has 2 atom stereocenters. The molecule has 0 radical (unpaired) electrons. The van der Waals surface area contributed by atoms with E-state index in [9.17, 15) is 4.79 Å². The lowest BCUT2D eigenvalue weighted by Crippen LogP contribution is -2.35. The number of carbonyl (C=O) groups excluding carboxylic acids is 1. The highest BCUT2D eigenvalue weighted by Crippen LogP contribution is 2.29. The molecule has 19 heavy (non-hydrogen) atoms. The Morgan fingerprint density at radius 1 is 1.16 bits per heavy atom. The largest absolute Gasteiger partial charge is 0.353 e. The summed E-state index contributed by atoms with van der Waals surface area (Å²) in [4.78, 5) is 12.0. The standard InChI is InChI=1S/C14H26N2OS2/c1-2-18-13-4-3-11(9-13)16-14(17)10-19-12-5-7-15-8-6-12/h11-13,15H,2-10H2,1H3,(H,16,17). The Bertz CT molecular complexity index is 283. The van der Waals surface area contributed by atoms with Crippen LogP contribution in [0.2, 0.25) is 0 Å². The van der Waals surface area contributed by atoms with E-state index >= 15 is 0 Å². The molecule has 1 aliphatic carbocycles. The molecule has 3 nitrogen and oxygen atoms in total. The van der Waals surface area contributed by atoms with Crippen molar-refractivity contribution in [3.8, 4) is 0 Å². The zero-order valence-electron chi connectivity index (χ0n) is 11.8. The fourth-order valence-electron chi connectivity index (χ4n) is 2.88. The van der Waals surface area contributed by atoms with Crippen molar-refractivity contribution in [1.29, 1.82) is 0 Å². The Morgan fingerprint density at radius 2 is 1.95 bits per heavy atom. The maximum absolute atomic E-state index is 12.0. The summed E-state index contributed by atoms with van der Waals surface area (Å²) in [6.07, 6.45) is 6.02. The third kappa shape index (κ3) is 5.56. The lowest BCUT2D eigenvalue weighted by molar-refractivity contribution is -0.119. The fraction of sp³-hybridized carbons (Fsp3) is 0.929. The van der Waals surface area contributed by atoms with E-state index < -0.39 is 0 Å². The Labute approximate surface area is 125 Å². The van der Waals surface area contributed by atoms with E-state index in [-0.39, 0.29) is 5.91 Å². The van der Waals surface area contributed by atoms with Crippen LogP contribution < -0.4 is 10.6 Å². The van der Waals surface area contributed by atoms with Crippen LogP contribution in [0.25, 0.3) is 0 Å². The molecule has 1 heterocycles. The van der Waals surface area contributed by atoms with Gasteiger partial charge >= 0.3 is 0 Å². The van der Waals surface area contributed by atoms with Crippen LogP contribution >= 0.6 is 23.5 Å². The minimum Gasteiger partial charge on any atom is -0.353 e. The maximum atomic E-state index is 12.0. The molecule has 1 aliphatic heterocycles. The van der Waals surface area contributed by atoms with Crippen molar-refractivity contribution in [3.63, 3.8) is 0 Å². The van der Waals surface area contributed by atoms with Crippen molar-refractivity contribution in [1.82, 2.24) is 10.6 Å². The number of hydrogen-bond donors (Lipinski definition) is 2. The van der Waals surface area contributed by atoms with Gasteiger partial charge in [-0.2, -0.15) is 11.8 Å². The van der Waals surface area contributed by atoms with Gasteiger partial charge in [0.25, 0.3) is 0 Å². The molecule has 2 unspecified atom stereocenters. The van der Waals surface area contributed by atoms with Gasteiger partial charge in [0, 0.05) is 16.5 Å². The van der Waals surface area contributed by atoms with Crippen LogP contribution in [0.1, 0.15) is 39.0 Å². The van der Waals surface area contributed by atoms with Gasteiger partial charge in [0.1, 0.15) is 0 Å². The van der Waals surface area contributed by atoms with E-state index in [0.717, 1.165) is 18.3 Å². The van der Waals surface area contributed by atoms with Crippen molar-refractivity contribution >= 4 is 29.4 Å². The summed E-state index contributed by atoms with van der Waals surface area (Å²) < 4.78 is 0. The van der Waals surface area contributed by atoms with E-state index in [0.29, 0.717) is 17.0 Å². The lowest BCUT2D eigenvalue weighted by Gasteiger charge is -2.22. The Morgan fingerprint density at radius 3 is 2.68 bits per heavy atom. The summed E-state index contributed by atoms with van der Waals surface area (Å²) in [6.45, 7) is 4.43. The van der Waals surface area contributed by atoms with E-state index in [1.54, 1.807) is 0 Å². The molecular weight excluding hydrogens is 276 g/mol. The third-order valence-electron chi connectivity index (χ3n) is 3.89. The summed E-state index contributed by atoms with van der Waals surface area (Å²) in [5.41, 5.74) is 0. The number of carbonyl (C=O) groups is 1. The first-order chi connectivity index (χ1) is 9.28. The minimum absolute atomic E-state index is 0.246. The summed E-state index contributed by atoms with van der Waals surface area (Å²) in [7, 11) is 0.